The van der Waals surface area contributed by atoms with Gasteiger partial charge >= 0.3 is 5.97 Å². The van der Waals surface area contributed by atoms with Crippen molar-refractivity contribution in [3.05, 3.63) is 22.7 Å². The van der Waals surface area contributed by atoms with Crippen LogP contribution in [0.5, 0.6) is 0 Å². The maximum Gasteiger partial charge on any atom is 0.305 e. The van der Waals surface area contributed by atoms with Gasteiger partial charge in [-0.3, -0.25) is 9.59 Å². The molecule has 1 atom stereocenters. The first-order valence-electron chi connectivity index (χ1n) is 6.85. The van der Waals surface area contributed by atoms with Gasteiger partial charge in [-0.15, -0.1) is 0 Å². The molecule has 0 saturated carbocycles. The lowest BCUT2D eigenvalue weighted by Crippen LogP contribution is -2.36. The van der Waals surface area contributed by atoms with Crippen molar-refractivity contribution in [3.8, 4) is 0 Å². The van der Waals surface area contributed by atoms with Crippen molar-refractivity contribution < 1.29 is 14.7 Å². The highest BCUT2D eigenvalue weighted by Crippen LogP contribution is 2.32. The highest BCUT2D eigenvalue weighted by Gasteiger charge is 2.27. The molecule has 22 heavy (non-hydrogen) atoms. The van der Waals surface area contributed by atoms with Crippen LogP contribution in [0.4, 0.5) is 11.4 Å². The molecule has 0 aliphatic rings. The molecule has 0 aliphatic carbocycles. The third-order valence-corrected chi connectivity index (χ3v) is 3.68. The minimum absolute atomic E-state index is 0.0578. The first kappa shape index (κ1) is 18.1. The summed E-state index contributed by atoms with van der Waals surface area (Å²) < 4.78 is 0. The topological polar surface area (TPSA) is 104 Å². The summed E-state index contributed by atoms with van der Waals surface area (Å²) in [4.78, 5) is 22.7. The van der Waals surface area contributed by atoms with Crippen LogP contribution in [-0.4, -0.2) is 30.1 Å². The van der Waals surface area contributed by atoms with Gasteiger partial charge in [0.05, 0.1) is 28.4 Å². The number of carbonyl (C=O) groups excluding carboxylic acids is 1. The van der Waals surface area contributed by atoms with Crippen molar-refractivity contribution >= 4 is 34.9 Å². The summed E-state index contributed by atoms with van der Waals surface area (Å²) in [6.07, 6.45) is -0.0578. The molecule has 0 saturated heterocycles. The smallest absolute Gasteiger partial charge is 0.305 e. The van der Waals surface area contributed by atoms with E-state index in [1.807, 2.05) is 20.8 Å². The Hall–Kier alpha value is -1.95. The van der Waals surface area contributed by atoms with Crippen molar-refractivity contribution in [2.24, 2.45) is 5.41 Å². The first-order valence-corrected chi connectivity index (χ1v) is 7.23. The summed E-state index contributed by atoms with van der Waals surface area (Å²) in [5.41, 5.74) is 6.79. The van der Waals surface area contributed by atoms with Crippen LogP contribution in [0.3, 0.4) is 0 Å². The zero-order chi connectivity index (χ0) is 17.1. The molecule has 0 radical (unpaired) electrons. The molecule has 0 spiro atoms. The van der Waals surface area contributed by atoms with E-state index in [4.69, 9.17) is 22.4 Å². The highest BCUT2D eigenvalue weighted by molar-refractivity contribution is 6.34. The van der Waals surface area contributed by atoms with Crippen LogP contribution in [0.1, 0.15) is 37.6 Å². The van der Waals surface area contributed by atoms with Gasteiger partial charge in [0.1, 0.15) is 0 Å². The van der Waals surface area contributed by atoms with Gasteiger partial charge in [0.15, 0.2) is 0 Å². The van der Waals surface area contributed by atoms with Crippen LogP contribution in [0.2, 0.25) is 5.02 Å². The molecule has 7 heteroatoms. The molecule has 1 amide bonds. The van der Waals surface area contributed by atoms with Crippen molar-refractivity contribution in [3.63, 3.8) is 0 Å². The molecule has 0 aromatic heterocycles. The number of carbonyl (C=O) groups is 2. The Morgan fingerprint density at radius 2 is 1.95 bits per heavy atom. The van der Waals surface area contributed by atoms with Gasteiger partial charge in [-0.25, -0.2) is 0 Å². The van der Waals surface area contributed by atoms with E-state index in [2.05, 4.69) is 10.6 Å². The quantitative estimate of drug-likeness (QED) is 0.622. The molecule has 5 N–H and O–H groups in total. The van der Waals surface area contributed by atoms with Gasteiger partial charge in [-0.2, -0.15) is 0 Å². The Morgan fingerprint density at radius 1 is 1.36 bits per heavy atom. The van der Waals surface area contributed by atoms with Crippen LogP contribution in [0.25, 0.3) is 0 Å². The van der Waals surface area contributed by atoms with Crippen LogP contribution in [0, 0.1) is 5.41 Å². The van der Waals surface area contributed by atoms with E-state index in [0.717, 1.165) is 0 Å². The average Bonchev–Trinajstić information content (AvgIpc) is 2.39. The van der Waals surface area contributed by atoms with E-state index in [1.54, 1.807) is 6.07 Å². The Labute approximate surface area is 135 Å². The summed E-state index contributed by atoms with van der Waals surface area (Å²) in [6.45, 7) is 5.80. The second kappa shape index (κ2) is 6.87. The number of rotatable bonds is 5. The Balaban J connectivity index is 3.13. The summed E-state index contributed by atoms with van der Waals surface area (Å²) >= 11 is 6.11. The molecule has 1 rings (SSSR count). The lowest BCUT2D eigenvalue weighted by atomic mass is 9.84. The fourth-order valence-corrected chi connectivity index (χ4v) is 2.21. The van der Waals surface area contributed by atoms with E-state index >= 15 is 0 Å². The average molecular weight is 328 g/mol. The van der Waals surface area contributed by atoms with Crippen LogP contribution < -0.4 is 16.4 Å². The summed E-state index contributed by atoms with van der Waals surface area (Å²) in [5, 5.41) is 14.9. The number of benzene rings is 1. The van der Waals surface area contributed by atoms with Gasteiger partial charge in [-0.1, -0.05) is 32.4 Å². The second-order valence-electron chi connectivity index (χ2n) is 6.16. The number of aliphatic carboxylic acids is 1. The Kier molecular flexibility index (Phi) is 5.65. The number of anilines is 2. The molecule has 0 aliphatic heterocycles. The molecule has 0 bridgehead atoms. The van der Waals surface area contributed by atoms with Gasteiger partial charge in [0, 0.05) is 13.1 Å². The number of hydrogen-bond donors (Lipinski definition) is 4. The molecule has 122 valence electrons. The van der Waals surface area contributed by atoms with E-state index < -0.39 is 5.97 Å². The number of hydrogen-bond acceptors (Lipinski definition) is 4. The standard InChI is InChI=1S/C15H22ClN3O3/c1-15(2,3)12(7-13(20)21)19-11-6-9(16)8(5-10(11)17)14(22)18-4/h5-6,12,19H,7,17H2,1-4H3,(H,18,22)(H,20,21). The number of nitrogen functional groups attached to an aromatic ring is 1. The number of amides is 1. The summed E-state index contributed by atoms with van der Waals surface area (Å²) in [7, 11) is 1.50. The van der Waals surface area contributed by atoms with E-state index in [-0.39, 0.29) is 34.4 Å². The predicted molar refractivity (Wildman–Crippen MR) is 88.4 cm³/mol. The summed E-state index contributed by atoms with van der Waals surface area (Å²) in [6, 6.07) is 2.68. The van der Waals surface area contributed by atoms with Crippen LogP contribution in [0.15, 0.2) is 12.1 Å². The molecule has 0 fully saturated rings. The van der Waals surface area contributed by atoms with Gasteiger partial charge in [-0.05, 0) is 17.5 Å². The summed E-state index contributed by atoms with van der Waals surface area (Å²) in [5.74, 6) is -1.24. The van der Waals surface area contributed by atoms with Gasteiger partial charge < -0.3 is 21.5 Å². The molecule has 1 aromatic carbocycles. The number of carboxylic acids is 1. The number of carboxylic acid groups (broad SMARTS) is 1. The van der Waals surface area contributed by atoms with Gasteiger partial charge in [0.2, 0.25) is 0 Å². The van der Waals surface area contributed by atoms with Crippen molar-refractivity contribution in [1.82, 2.24) is 5.32 Å². The highest BCUT2D eigenvalue weighted by atomic mass is 35.5. The molecule has 6 nitrogen and oxygen atoms in total. The zero-order valence-corrected chi connectivity index (χ0v) is 13.9. The minimum Gasteiger partial charge on any atom is -0.481 e. The van der Waals surface area contributed by atoms with Crippen molar-refractivity contribution in [2.45, 2.75) is 33.2 Å². The first-order chi connectivity index (χ1) is 10.1. The molecule has 1 unspecified atom stereocenters. The number of nitrogens with two attached hydrogens (primary N) is 1. The van der Waals surface area contributed by atoms with Crippen molar-refractivity contribution in [1.29, 1.82) is 0 Å². The van der Waals surface area contributed by atoms with E-state index in [9.17, 15) is 9.59 Å². The predicted octanol–water partition coefficient (Wildman–Crippen LogP) is 2.58. The second-order valence-corrected chi connectivity index (χ2v) is 6.57. The minimum atomic E-state index is -0.904. The third kappa shape index (κ3) is 4.53. The molecular weight excluding hydrogens is 306 g/mol. The maximum atomic E-state index is 11.7. The van der Waals surface area contributed by atoms with Crippen LogP contribution >= 0.6 is 11.6 Å². The zero-order valence-electron chi connectivity index (χ0n) is 13.2. The fourth-order valence-electron chi connectivity index (χ4n) is 1.96. The Morgan fingerprint density at radius 3 is 2.41 bits per heavy atom. The number of halogens is 1. The van der Waals surface area contributed by atoms with Crippen LogP contribution in [-0.2, 0) is 4.79 Å². The maximum absolute atomic E-state index is 11.7. The normalized spacial score (nSPS) is 12.6. The fraction of sp³-hybridized carbons (Fsp3) is 0.467. The monoisotopic (exact) mass is 327 g/mol. The lowest BCUT2D eigenvalue weighted by molar-refractivity contribution is -0.137. The van der Waals surface area contributed by atoms with Crippen molar-refractivity contribution in [2.75, 3.05) is 18.1 Å². The molecular formula is C15H22ClN3O3. The van der Waals surface area contributed by atoms with Gasteiger partial charge in [0.25, 0.3) is 5.91 Å². The SMILES string of the molecule is CNC(=O)c1cc(N)c(NC(CC(=O)O)C(C)(C)C)cc1Cl. The number of nitrogens with one attached hydrogen (secondary N) is 2. The van der Waals surface area contributed by atoms with E-state index in [1.165, 1.54) is 13.1 Å². The largest absolute Gasteiger partial charge is 0.481 e. The third-order valence-electron chi connectivity index (χ3n) is 3.36. The molecule has 0 heterocycles. The lowest BCUT2D eigenvalue weighted by Gasteiger charge is -2.31. The molecule has 1 aromatic rings. The van der Waals surface area contributed by atoms with E-state index in [0.29, 0.717) is 11.4 Å². The Bertz CT molecular complexity index is 582.